The van der Waals surface area contributed by atoms with Crippen molar-refractivity contribution in [3.05, 3.63) is 126 Å². The fraction of sp³-hybridized carbons (Fsp3) is 0.192. The van der Waals surface area contributed by atoms with Gasteiger partial charge in [0, 0.05) is 18.7 Å². The third-order valence-electron chi connectivity index (χ3n) is 5.59. The Morgan fingerprint density at radius 3 is 1.66 bits per heavy atom. The lowest BCUT2D eigenvalue weighted by molar-refractivity contribution is 0.513. The summed E-state index contributed by atoms with van der Waals surface area (Å²) < 4.78 is 2.24. The number of nitrogens with zero attached hydrogens (tertiary/aromatic N) is 2. The van der Waals surface area contributed by atoms with Crippen molar-refractivity contribution >= 4 is 0 Å². The minimum atomic E-state index is -0.509. The number of hydrogen-bond acceptors (Lipinski definition) is 2. The van der Waals surface area contributed by atoms with E-state index in [9.17, 15) is 0 Å². The van der Waals surface area contributed by atoms with Crippen LogP contribution in [0.25, 0.3) is 0 Å². The summed E-state index contributed by atoms with van der Waals surface area (Å²) in [5.74, 6) is 0. The van der Waals surface area contributed by atoms with Crippen LogP contribution in [0.4, 0.5) is 0 Å². The molecule has 3 heteroatoms. The van der Waals surface area contributed by atoms with Crippen molar-refractivity contribution in [2.75, 3.05) is 0 Å². The highest BCUT2D eigenvalue weighted by Gasteiger charge is 2.38. The van der Waals surface area contributed by atoms with E-state index in [2.05, 4.69) is 109 Å². The molecule has 0 radical (unpaired) electrons. The van der Waals surface area contributed by atoms with Crippen LogP contribution in [-0.2, 0) is 12.0 Å². The van der Waals surface area contributed by atoms with Gasteiger partial charge in [-0.3, -0.25) is 0 Å². The number of hydrogen-bond donors (Lipinski definition) is 1. The Morgan fingerprint density at radius 1 is 0.793 bits per heavy atom. The minimum absolute atomic E-state index is 0.123. The van der Waals surface area contributed by atoms with Crippen molar-refractivity contribution < 1.29 is 0 Å². The maximum Gasteiger partial charge on any atom is 0.121 e. The molecular weight excluding hydrogens is 354 g/mol. The zero-order chi connectivity index (χ0) is 20.1. The number of imidazole rings is 1. The average molecular weight is 382 g/mol. The highest BCUT2D eigenvalue weighted by atomic mass is 15.1. The third kappa shape index (κ3) is 3.62. The predicted molar refractivity (Wildman–Crippen MR) is 119 cm³/mol. The SMILES string of the molecule is CCC(N)Cc1cn(C(c2ccccc2)(c2ccccc2)c2ccccc2)cn1. The van der Waals surface area contributed by atoms with Gasteiger partial charge in [-0.1, -0.05) is 97.9 Å². The second-order valence-corrected chi connectivity index (χ2v) is 7.45. The largest absolute Gasteiger partial charge is 0.327 e. The second-order valence-electron chi connectivity index (χ2n) is 7.45. The molecule has 0 aliphatic heterocycles. The normalized spacial score (nSPS) is 12.6. The van der Waals surface area contributed by atoms with Crippen LogP contribution >= 0.6 is 0 Å². The lowest BCUT2D eigenvalue weighted by atomic mass is 9.77. The van der Waals surface area contributed by atoms with Crippen LogP contribution in [0, 0.1) is 0 Å². The monoisotopic (exact) mass is 381 g/mol. The van der Waals surface area contributed by atoms with Crippen molar-refractivity contribution in [2.24, 2.45) is 5.73 Å². The van der Waals surface area contributed by atoms with E-state index < -0.39 is 5.54 Å². The Balaban J connectivity index is 1.99. The smallest absolute Gasteiger partial charge is 0.121 e. The molecule has 0 spiro atoms. The average Bonchev–Trinajstić information content (AvgIpc) is 3.25. The summed E-state index contributed by atoms with van der Waals surface area (Å²) in [7, 11) is 0. The summed E-state index contributed by atoms with van der Waals surface area (Å²) in [6.07, 6.45) is 5.82. The van der Waals surface area contributed by atoms with E-state index in [0.29, 0.717) is 0 Å². The van der Waals surface area contributed by atoms with E-state index in [0.717, 1.165) is 18.5 Å². The molecule has 0 saturated heterocycles. The van der Waals surface area contributed by atoms with Crippen molar-refractivity contribution in [3.8, 4) is 0 Å². The van der Waals surface area contributed by atoms with E-state index in [1.54, 1.807) is 0 Å². The van der Waals surface area contributed by atoms with Gasteiger partial charge in [0.15, 0.2) is 0 Å². The van der Waals surface area contributed by atoms with Crippen LogP contribution in [0.1, 0.15) is 35.7 Å². The maximum atomic E-state index is 6.21. The molecule has 146 valence electrons. The summed E-state index contributed by atoms with van der Waals surface area (Å²) in [5, 5.41) is 0. The van der Waals surface area contributed by atoms with Gasteiger partial charge in [0.25, 0.3) is 0 Å². The Hall–Kier alpha value is -3.17. The molecule has 0 fully saturated rings. The maximum absolute atomic E-state index is 6.21. The molecule has 4 aromatic rings. The van der Waals surface area contributed by atoms with Crippen molar-refractivity contribution in [2.45, 2.75) is 31.3 Å². The molecule has 0 aliphatic rings. The summed E-state index contributed by atoms with van der Waals surface area (Å²) >= 11 is 0. The molecule has 0 amide bonds. The lowest BCUT2D eigenvalue weighted by Gasteiger charge is -2.37. The van der Waals surface area contributed by atoms with Crippen LogP contribution < -0.4 is 5.73 Å². The van der Waals surface area contributed by atoms with Crippen LogP contribution in [0.2, 0.25) is 0 Å². The Bertz CT molecular complexity index is 927. The summed E-state index contributed by atoms with van der Waals surface area (Å²) in [6, 6.07) is 32.0. The number of aromatic nitrogens is 2. The van der Waals surface area contributed by atoms with E-state index in [1.807, 2.05) is 6.33 Å². The molecular formula is C26H27N3. The molecule has 0 saturated carbocycles. The zero-order valence-corrected chi connectivity index (χ0v) is 16.8. The van der Waals surface area contributed by atoms with Gasteiger partial charge >= 0.3 is 0 Å². The number of nitrogens with two attached hydrogens (primary N) is 1. The zero-order valence-electron chi connectivity index (χ0n) is 16.8. The first-order valence-corrected chi connectivity index (χ1v) is 10.2. The first kappa shape index (κ1) is 19.2. The van der Waals surface area contributed by atoms with E-state index >= 15 is 0 Å². The number of benzene rings is 3. The molecule has 0 bridgehead atoms. The fourth-order valence-corrected chi connectivity index (χ4v) is 4.05. The minimum Gasteiger partial charge on any atom is -0.327 e. The highest BCUT2D eigenvalue weighted by Crippen LogP contribution is 2.40. The van der Waals surface area contributed by atoms with Gasteiger partial charge in [0.05, 0.1) is 12.0 Å². The van der Waals surface area contributed by atoms with E-state index in [-0.39, 0.29) is 6.04 Å². The Morgan fingerprint density at radius 2 is 1.24 bits per heavy atom. The van der Waals surface area contributed by atoms with E-state index in [4.69, 9.17) is 10.7 Å². The van der Waals surface area contributed by atoms with Crippen LogP contribution in [-0.4, -0.2) is 15.6 Å². The standard InChI is InChI=1S/C26H27N3/c1-2-24(27)18-25-19-29(20-28-25)26(21-12-6-3-7-13-21,22-14-8-4-9-15-22)23-16-10-5-11-17-23/h3-17,19-20,24H,2,18,27H2,1H3. The molecule has 0 aliphatic carbocycles. The molecule has 29 heavy (non-hydrogen) atoms. The van der Waals surface area contributed by atoms with Gasteiger partial charge in [-0.05, 0) is 23.1 Å². The highest BCUT2D eigenvalue weighted by molar-refractivity contribution is 5.50. The van der Waals surface area contributed by atoms with Gasteiger partial charge in [0.1, 0.15) is 5.54 Å². The van der Waals surface area contributed by atoms with Gasteiger partial charge in [-0.2, -0.15) is 0 Å². The summed E-state index contributed by atoms with van der Waals surface area (Å²) in [5.41, 5.74) is 10.3. The first-order valence-electron chi connectivity index (χ1n) is 10.2. The third-order valence-corrected chi connectivity index (χ3v) is 5.59. The van der Waals surface area contributed by atoms with Gasteiger partial charge in [-0.25, -0.2) is 4.98 Å². The molecule has 2 N–H and O–H groups in total. The van der Waals surface area contributed by atoms with Crippen LogP contribution in [0.3, 0.4) is 0 Å². The molecule has 1 aromatic heterocycles. The van der Waals surface area contributed by atoms with E-state index in [1.165, 1.54) is 16.7 Å². The lowest BCUT2D eigenvalue weighted by Crippen LogP contribution is -2.37. The van der Waals surface area contributed by atoms with Crippen LogP contribution in [0.5, 0.6) is 0 Å². The Labute approximate surface area is 172 Å². The van der Waals surface area contributed by atoms with Crippen molar-refractivity contribution in [1.29, 1.82) is 0 Å². The van der Waals surface area contributed by atoms with Gasteiger partial charge in [0.2, 0.25) is 0 Å². The van der Waals surface area contributed by atoms with Gasteiger partial charge < -0.3 is 10.3 Å². The Kier molecular flexibility index (Phi) is 5.59. The second kappa shape index (κ2) is 8.46. The quantitative estimate of drug-likeness (QED) is 0.458. The first-order chi connectivity index (χ1) is 14.2. The molecule has 1 atom stereocenters. The molecule has 4 rings (SSSR count). The molecule has 3 aromatic carbocycles. The molecule has 1 unspecified atom stereocenters. The predicted octanol–water partition coefficient (Wildman–Crippen LogP) is 5.00. The molecule has 3 nitrogen and oxygen atoms in total. The fourth-order valence-electron chi connectivity index (χ4n) is 4.05. The number of rotatable bonds is 7. The van der Waals surface area contributed by atoms with Crippen molar-refractivity contribution in [3.63, 3.8) is 0 Å². The summed E-state index contributed by atoms with van der Waals surface area (Å²) in [6.45, 7) is 2.11. The van der Waals surface area contributed by atoms with Crippen LogP contribution in [0.15, 0.2) is 104 Å². The summed E-state index contributed by atoms with van der Waals surface area (Å²) in [4.78, 5) is 4.73. The van der Waals surface area contributed by atoms with Gasteiger partial charge in [-0.15, -0.1) is 0 Å². The molecule has 1 heterocycles. The topological polar surface area (TPSA) is 43.8 Å². The van der Waals surface area contributed by atoms with Crippen molar-refractivity contribution in [1.82, 2.24) is 9.55 Å².